The molecule has 0 bridgehead atoms. The highest BCUT2D eigenvalue weighted by atomic mass is 28.3. The van der Waals surface area contributed by atoms with Gasteiger partial charge in [-0.25, -0.2) is 4.79 Å². The van der Waals surface area contributed by atoms with Crippen molar-refractivity contribution in [1.82, 2.24) is 0 Å². The fourth-order valence-electron chi connectivity index (χ4n) is 5.47. The van der Waals surface area contributed by atoms with Gasteiger partial charge < -0.3 is 39.4 Å². The second kappa shape index (κ2) is 16.9. The van der Waals surface area contributed by atoms with Crippen molar-refractivity contribution in [2.24, 2.45) is 5.41 Å². The highest BCUT2D eigenvalue weighted by molar-refractivity contribution is 6.76. The van der Waals surface area contributed by atoms with Gasteiger partial charge in [-0.05, 0) is 86.1 Å². The fourth-order valence-corrected chi connectivity index (χ4v) is 6.18. The van der Waals surface area contributed by atoms with Gasteiger partial charge in [0.25, 0.3) is 0 Å². The molecule has 2 aliphatic rings. The van der Waals surface area contributed by atoms with Crippen LogP contribution in [0.2, 0.25) is 25.7 Å². The van der Waals surface area contributed by atoms with E-state index < -0.39 is 45.4 Å². The maximum absolute atomic E-state index is 12.1. The average Bonchev–Trinajstić information content (AvgIpc) is 2.98. The highest BCUT2D eigenvalue weighted by Crippen LogP contribution is 2.42. The molecule has 1 fully saturated rings. The van der Waals surface area contributed by atoms with Crippen molar-refractivity contribution in [3.8, 4) is 11.5 Å². The van der Waals surface area contributed by atoms with Gasteiger partial charge >= 0.3 is 5.97 Å². The quantitative estimate of drug-likeness (QED) is 0.0911. The van der Waals surface area contributed by atoms with E-state index >= 15 is 0 Å². The molecule has 1 saturated heterocycles. The summed E-state index contributed by atoms with van der Waals surface area (Å²) in [6, 6.07) is 7.85. The summed E-state index contributed by atoms with van der Waals surface area (Å²) in [5.41, 5.74) is 4.27. The number of hydrogen-bond acceptors (Lipinski definition) is 9. The number of hydrogen-bond donors (Lipinski definition) is 4. The van der Waals surface area contributed by atoms with E-state index in [0.29, 0.717) is 18.1 Å². The normalized spacial score (nSPS) is 27.4. The van der Waals surface area contributed by atoms with Crippen LogP contribution in [0.5, 0.6) is 11.5 Å². The molecule has 1 unspecified atom stereocenters. The van der Waals surface area contributed by atoms with E-state index in [9.17, 15) is 25.2 Å². The summed E-state index contributed by atoms with van der Waals surface area (Å²) >= 11 is 0. The predicted octanol–water partition coefficient (Wildman–Crippen LogP) is 5.64. The minimum atomic E-state index is -1.51. The highest BCUT2D eigenvalue weighted by Gasteiger charge is 2.44. The Morgan fingerprint density at radius 2 is 1.62 bits per heavy atom. The number of carbonyl (C=O) groups is 1. The summed E-state index contributed by atoms with van der Waals surface area (Å²) in [6.45, 7) is 17.2. The molecule has 9 nitrogen and oxygen atoms in total. The van der Waals surface area contributed by atoms with E-state index in [-0.39, 0.29) is 17.5 Å². The summed E-state index contributed by atoms with van der Waals surface area (Å²) < 4.78 is 22.9. The molecule has 6 atom stereocenters. The summed E-state index contributed by atoms with van der Waals surface area (Å²) in [4.78, 5) is 12.1. The van der Waals surface area contributed by atoms with Crippen molar-refractivity contribution in [3.63, 3.8) is 0 Å². The average molecular weight is 671 g/mol. The molecule has 0 amide bonds. The molecule has 0 radical (unpaired) electrons. The van der Waals surface area contributed by atoms with E-state index in [0.717, 1.165) is 35.6 Å². The Bertz CT molecular complexity index is 1350. The van der Waals surface area contributed by atoms with E-state index in [4.69, 9.17) is 18.9 Å². The van der Waals surface area contributed by atoms with Crippen molar-refractivity contribution >= 4 is 14.0 Å². The summed E-state index contributed by atoms with van der Waals surface area (Å²) in [5.74, 6) is 0.729. The second-order valence-corrected chi connectivity index (χ2v) is 20.0. The van der Waals surface area contributed by atoms with Crippen molar-refractivity contribution in [2.45, 2.75) is 110 Å². The van der Waals surface area contributed by atoms with Crippen LogP contribution in [0.1, 0.15) is 47.5 Å². The fraction of sp³-hybridized carbons (Fsp3) is 0.541. The Labute approximate surface area is 280 Å². The third kappa shape index (κ3) is 11.6. The Hall–Kier alpha value is -2.99. The molecule has 1 aromatic carbocycles. The van der Waals surface area contributed by atoms with Crippen LogP contribution in [-0.2, 0) is 14.3 Å². The minimum Gasteiger partial charge on any atom is -0.486 e. The number of allylic oxidation sites excluding steroid dienone is 8. The van der Waals surface area contributed by atoms with Gasteiger partial charge in [-0.3, -0.25) is 0 Å². The number of aliphatic hydroxyl groups is 4. The molecule has 1 aliphatic heterocycles. The zero-order chi connectivity index (χ0) is 34.9. The Morgan fingerprint density at radius 1 is 0.979 bits per heavy atom. The van der Waals surface area contributed by atoms with E-state index in [1.165, 1.54) is 11.6 Å². The number of rotatable bonds is 13. The molecule has 1 aliphatic carbocycles. The topological polar surface area (TPSA) is 135 Å². The Kier molecular flexibility index (Phi) is 13.8. The number of carbonyl (C=O) groups excluding carboxylic acids is 1. The zero-order valence-corrected chi connectivity index (χ0v) is 30.1. The van der Waals surface area contributed by atoms with E-state index in [1.54, 1.807) is 24.3 Å². The number of aliphatic hydroxyl groups excluding tert-OH is 4. The number of benzene rings is 1. The number of ether oxygens (including phenoxy) is 4. The van der Waals surface area contributed by atoms with Gasteiger partial charge in [-0.2, -0.15) is 0 Å². The second-order valence-electron chi connectivity index (χ2n) is 14.4. The van der Waals surface area contributed by atoms with Crippen molar-refractivity contribution in [1.29, 1.82) is 0 Å². The van der Waals surface area contributed by atoms with Gasteiger partial charge in [0, 0.05) is 14.1 Å². The molecule has 0 saturated carbocycles. The molecule has 4 N–H and O–H groups in total. The standard InChI is InChI=1S/C37H54O9Si/c1-24(10-9-11-25(2)22-32(39)43-20-21-47(6,7)8)12-17-29-26(3)30(18-19-37(29,4)5)44-27-13-15-28(16-14-27)45-36-35(42)34(41)33(40)31(23-38)46-36/h9-17,22,30-31,33-36,38,40-42H,18-21,23H2,1-8H3/b11-9+,17-12+,24-10+,25-22+/t30?,31-,33-,34+,35-,36-/m1/s1. The molecule has 3 rings (SSSR count). The number of esters is 1. The predicted molar refractivity (Wildman–Crippen MR) is 186 cm³/mol. The van der Waals surface area contributed by atoms with Crippen molar-refractivity contribution in [2.75, 3.05) is 13.2 Å². The summed E-state index contributed by atoms with van der Waals surface area (Å²) in [6.07, 6.45) is 6.62. The Balaban J connectivity index is 1.62. The minimum absolute atomic E-state index is 0.0190. The molecule has 260 valence electrons. The molecule has 1 aromatic rings. The van der Waals surface area contributed by atoms with Crippen LogP contribution in [0.4, 0.5) is 0 Å². The molecule has 47 heavy (non-hydrogen) atoms. The summed E-state index contributed by atoms with van der Waals surface area (Å²) in [7, 11) is -1.24. The van der Waals surface area contributed by atoms with Gasteiger partial charge in [-0.1, -0.05) is 69.4 Å². The summed E-state index contributed by atoms with van der Waals surface area (Å²) in [5, 5.41) is 39.7. The van der Waals surface area contributed by atoms with Gasteiger partial charge in [0.15, 0.2) is 0 Å². The lowest BCUT2D eigenvalue weighted by Crippen LogP contribution is -2.60. The Morgan fingerprint density at radius 3 is 2.23 bits per heavy atom. The lowest BCUT2D eigenvalue weighted by Gasteiger charge is -2.39. The third-order valence-corrected chi connectivity index (χ3v) is 10.2. The van der Waals surface area contributed by atoms with Gasteiger partial charge in [0.1, 0.15) is 42.0 Å². The monoisotopic (exact) mass is 670 g/mol. The van der Waals surface area contributed by atoms with Crippen LogP contribution in [0, 0.1) is 5.41 Å². The molecular formula is C37H54O9Si. The van der Waals surface area contributed by atoms with Gasteiger partial charge in [-0.15, -0.1) is 0 Å². The van der Waals surface area contributed by atoms with Crippen molar-refractivity contribution in [3.05, 3.63) is 83.0 Å². The SMILES string of the molecule is CC1=C(/C=C/C(C)=C/C=C/C(C)=C/C(=O)OCC[Si](C)(C)C)C(C)(C)CCC1Oc1ccc(O[C@@H]2O[C@H](CO)[C@@H](O)[C@H](O)[C@H]2O)cc1. The van der Waals surface area contributed by atoms with Gasteiger partial charge in [0.2, 0.25) is 6.29 Å². The van der Waals surface area contributed by atoms with Crippen LogP contribution in [0.3, 0.4) is 0 Å². The smallest absolute Gasteiger partial charge is 0.330 e. The van der Waals surface area contributed by atoms with Crippen LogP contribution >= 0.6 is 0 Å². The van der Waals surface area contributed by atoms with Gasteiger partial charge in [0.05, 0.1) is 13.2 Å². The van der Waals surface area contributed by atoms with Crippen LogP contribution in [0.15, 0.2) is 83.0 Å². The molecule has 1 heterocycles. The first-order chi connectivity index (χ1) is 22.0. The van der Waals surface area contributed by atoms with Crippen LogP contribution < -0.4 is 9.47 Å². The lowest BCUT2D eigenvalue weighted by molar-refractivity contribution is -0.277. The molecule has 0 spiro atoms. The van der Waals surface area contributed by atoms with E-state index in [1.807, 2.05) is 32.1 Å². The molecule has 10 heteroatoms. The zero-order valence-electron chi connectivity index (χ0n) is 29.1. The third-order valence-electron chi connectivity index (χ3n) is 8.54. The first kappa shape index (κ1) is 38.5. The van der Waals surface area contributed by atoms with Crippen LogP contribution in [0.25, 0.3) is 0 Å². The molecule has 0 aromatic heterocycles. The van der Waals surface area contributed by atoms with Crippen LogP contribution in [-0.4, -0.2) is 84.5 Å². The largest absolute Gasteiger partial charge is 0.486 e. The maximum atomic E-state index is 12.1. The lowest BCUT2D eigenvalue weighted by atomic mass is 9.71. The first-order valence-corrected chi connectivity index (χ1v) is 20.0. The molecular weight excluding hydrogens is 616 g/mol. The first-order valence-electron chi connectivity index (χ1n) is 16.3. The maximum Gasteiger partial charge on any atom is 0.330 e. The van der Waals surface area contributed by atoms with Crippen molar-refractivity contribution < 1.29 is 44.2 Å². The van der Waals surface area contributed by atoms with E-state index in [2.05, 4.69) is 52.6 Å².